The molecule has 3 unspecified atom stereocenters. The molecule has 2 bridgehead atoms. The first-order chi connectivity index (χ1) is 7.24. The predicted octanol–water partition coefficient (Wildman–Crippen LogP) is 1.12. The maximum absolute atomic E-state index is 12.2. The summed E-state index contributed by atoms with van der Waals surface area (Å²) in [5, 5.41) is 0. The highest BCUT2D eigenvalue weighted by molar-refractivity contribution is 5.80. The molecule has 15 heavy (non-hydrogen) atoms. The molecule has 3 heteroatoms. The van der Waals surface area contributed by atoms with Crippen molar-refractivity contribution in [1.29, 1.82) is 0 Å². The number of rotatable bonds is 1. The predicted molar refractivity (Wildman–Crippen MR) is 58.2 cm³/mol. The molecule has 1 saturated heterocycles. The summed E-state index contributed by atoms with van der Waals surface area (Å²) in [6.45, 7) is 0.994. The van der Waals surface area contributed by atoms with Crippen molar-refractivity contribution in [2.75, 3.05) is 6.54 Å². The molecule has 0 aromatic rings. The van der Waals surface area contributed by atoms with Crippen LogP contribution in [0.3, 0.4) is 0 Å². The summed E-state index contributed by atoms with van der Waals surface area (Å²) in [6, 6.07) is 0.819. The maximum atomic E-state index is 12.2. The quantitative estimate of drug-likeness (QED) is 0.702. The first kappa shape index (κ1) is 9.64. The van der Waals surface area contributed by atoms with E-state index in [-0.39, 0.29) is 0 Å². The molecule has 0 radical (unpaired) electrons. The van der Waals surface area contributed by atoms with E-state index in [0.29, 0.717) is 29.8 Å². The lowest BCUT2D eigenvalue weighted by Gasteiger charge is -2.33. The Balaban J connectivity index is 1.69. The molecule has 3 nitrogen and oxygen atoms in total. The number of hydrogen-bond acceptors (Lipinski definition) is 2. The van der Waals surface area contributed by atoms with Crippen LogP contribution >= 0.6 is 0 Å². The van der Waals surface area contributed by atoms with E-state index in [9.17, 15) is 4.79 Å². The first-order valence-electron chi connectivity index (χ1n) is 6.30. The van der Waals surface area contributed by atoms with Crippen molar-refractivity contribution < 1.29 is 4.79 Å². The topological polar surface area (TPSA) is 46.3 Å². The zero-order valence-electron chi connectivity index (χ0n) is 9.19. The number of fused-ring (bicyclic) bond motifs is 2. The number of carbonyl (C=O) groups is 1. The van der Waals surface area contributed by atoms with Gasteiger partial charge in [-0.15, -0.1) is 0 Å². The summed E-state index contributed by atoms with van der Waals surface area (Å²) < 4.78 is 0. The second kappa shape index (κ2) is 3.48. The van der Waals surface area contributed by atoms with Crippen LogP contribution in [0.2, 0.25) is 0 Å². The van der Waals surface area contributed by atoms with E-state index in [4.69, 9.17) is 5.73 Å². The summed E-state index contributed by atoms with van der Waals surface area (Å²) in [4.78, 5) is 14.3. The number of amides is 1. The summed E-state index contributed by atoms with van der Waals surface area (Å²) in [5.41, 5.74) is 6.00. The third kappa shape index (κ3) is 1.57. The van der Waals surface area contributed by atoms with E-state index >= 15 is 0 Å². The lowest BCUT2D eigenvalue weighted by molar-refractivity contribution is -0.139. The largest absolute Gasteiger partial charge is 0.339 e. The average Bonchev–Trinajstić information content (AvgIpc) is 2.38. The molecular formula is C12H20N2O. The highest BCUT2D eigenvalue weighted by Gasteiger charge is 2.42. The standard InChI is InChI=1S/C12H20N2O/c13-10-4-8-5-11(6-10)14(7-8)12(15)9-2-1-3-9/h8-11H,1-7,13H2. The molecule has 1 aliphatic heterocycles. The third-order valence-electron chi connectivity index (χ3n) is 4.45. The smallest absolute Gasteiger partial charge is 0.225 e. The minimum Gasteiger partial charge on any atom is -0.339 e. The number of nitrogens with zero attached hydrogens (tertiary/aromatic N) is 1. The van der Waals surface area contributed by atoms with Gasteiger partial charge in [0.2, 0.25) is 5.91 Å². The van der Waals surface area contributed by atoms with Gasteiger partial charge in [0.1, 0.15) is 0 Å². The Labute approximate surface area is 91.0 Å². The molecule has 2 saturated carbocycles. The Kier molecular flexibility index (Phi) is 2.23. The Morgan fingerprint density at radius 2 is 2.00 bits per heavy atom. The Morgan fingerprint density at radius 3 is 2.67 bits per heavy atom. The van der Waals surface area contributed by atoms with Crippen LogP contribution in [-0.2, 0) is 4.79 Å². The van der Waals surface area contributed by atoms with Gasteiger partial charge in [0.05, 0.1) is 0 Å². The van der Waals surface area contributed by atoms with Crippen LogP contribution in [-0.4, -0.2) is 29.4 Å². The fourth-order valence-corrected chi connectivity index (χ4v) is 3.44. The molecule has 3 atom stereocenters. The number of likely N-dealkylation sites (tertiary alicyclic amines) is 1. The second-order valence-electron chi connectivity index (χ2n) is 5.61. The highest BCUT2D eigenvalue weighted by Crippen LogP contribution is 2.38. The molecule has 0 spiro atoms. The Morgan fingerprint density at radius 1 is 1.20 bits per heavy atom. The molecular weight excluding hydrogens is 188 g/mol. The van der Waals surface area contributed by atoms with Crippen LogP contribution in [0, 0.1) is 11.8 Å². The van der Waals surface area contributed by atoms with Crippen molar-refractivity contribution in [3.63, 3.8) is 0 Å². The summed E-state index contributed by atoms with van der Waals surface area (Å²) in [5.74, 6) is 1.49. The summed E-state index contributed by atoms with van der Waals surface area (Å²) in [7, 11) is 0. The van der Waals surface area contributed by atoms with E-state index in [0.717, 1.165) is 32.2 Å². The van der Waals surface area contributed by atoms with Gasteiger partial charge in [-0.25, -0.2) is 0 Å². The van der Waals surface area contributed by atoms with Crippen molar-refractivity contribution in [2.45, 2.75) is 50.6 Å². The van der Waals surface area contributed by atoms with E-state index in [2.05, 4.69) is 4.90 Å². The van der Waals surface area contributed by atoms with Crippen molar-refractivity contribution in [1.82, 2.24) is 4.90 Å². The summed E-state index contributed by atoms with van der Waals surface area (Å²) >= 11 is 0. The molecule has 3 rings (SSSR count). The molecule has 3 aliphatic rings. The van der Waals surface area contributed by atoms with Gasteiger partial charge in [0, 0.05) is 24.5 Å². The third-order valence-corrected chi connectivity index (χ3v) is 4.45. The first-order valence-corrected chi connectivity index (χ1v) is 6.30. The number of carbonyl (C=O) groups excluding carboxylic acids is 1. The van der Waals surface area contributed by atoms with Gasteiger partial charge in [0.15, 0.2) is 0 Å². The molecule has 1 heterocycles. The fraction of sp³-hybridized carbons (Fsp3) is 0.917. The van der Waals surface area contributed by atoms with Crippen molar-refractivity contribution in [3.8, 4) is 0 Å². The van der Waals surface area contributed by atoms with E-state index in [1.807, 2.05) is 0 Å². The number of nitrogens with two attached hydrogens (primary N) is 1. The zero-order chi connectivity index (χ0) is 10.4. The van der Waals surface area contributed by atoms with Gasteiger partial charge in [0.25, 0.3) is 0 Å². The van der Waals surface area contributed by atoms with Gasteiger partial charge in [-0.1, -0.05) is 6.42 Å². The molecule has 0 aromatic heterocycles. The van der Waals surface area contributed by atoms with E-state index in [1.165, 1.54) is 12.8 Å². The average molecular weight is 208 g/mol. The van der Waals surface area contributed by atoms with Crippen LogP contribution in [0.4, 0.5) is 0 Å². The molecule has 2 N–H and O–H groups in total. The van der Waals surface area contributed by atoms with Crippen LogP contribution < -0.4 is 5.73 Å². The second-order valence-corrected chi connectivity index (χ2v) is 5.61. The minimum atomic E-state index is 0.341. The van der Waals surface area contributed by atoms with Crippen molar-refractivity contribution in [2.24, 2.45) is 17.6 Å². The van der Waals surface area contributed by atoms with Gasteiger partial charge < -0.3 is 10.6 Å². The Hall–Kier alpha value is -0.570. The highest BCUT2D eigenvalue weighted by atomic mass is 16.2. The molecule has 1 amide bonds. The molecule has 2 aliphatic carbocycles. The molecule has 84 valence electrons. The van der Waals surface area contributed by atoms with Crippen molar-refractivity contribution >= 4 is 5.91 Å². The lowest BCUT2D eigenvalue weighted by Crippen LogP contribution is -2.43. The normalized spacial score (nSPS) is 40.3. The summed E-state index contributed by atoms with van der Waals surface area (Å²) in [6.07, 6.45) is 6.88. The number of hydrogen-bond donors (Lipinski definition) is 1. The zero-order valence-corrected chi connectivity index (χ0v) is 9.19. The lowest BCUT2D eigenvalue weighted by atomic mass is 9.84. The van der Waals surface area contributed by atoms with Crippen LogP contribution in [0.25, 0.3) is 0 Å². The minimum absolute atomic E-state index is 0.341. The fourth-order valence-electron chi connectivity index (χ4n) is 3.44. The molecule has 3 fully saturated rings. The molecule has 0 aromatic carbocycles. The maximum Gasteiger partial charge on any atom is 0.225 e. The van der Waals surface area contributed by atoms with E-state index in [1.54, 1.807) is 0 Å². The SMILES string of the molecule is NC1CC2CC(C1)N(C(=O)C1CCC1)C2. The van der Waals surface area contributed by atoms with Crippen molar-refractivity contribution in [3.05, 3.63) is 0 Å². The van der Waals surface area contributed by atoms with E-state index < -0.39 is 0 Å². The van der Waals surface area contributed by atoms with Gasteiger partial charge in [-0.05, 0) is 38.0 Å². The van der Waals surface area contributed by atoms with Crippen LogP contribution in [0.5, 0.6) is 0 Å². The Bertz CT molecular complexity index is 275. The van der Waals surface area contributed by atoms with Gasteiger partial charge in [-0.3, -0.25) is 4.79 Å². The van der Waals surface area contributed by atoms with Crippen LogP contribution in [0.1, 0.15) is 38.5 Å². The van der Waals surface area contributed by atoms with Gasteiger partial charge >= 0.3 is 0 Å². The van der Waals surface area contributed by atoms with Gasteiger partial charge in [-0.2, -0.15) is 0 Å². The van der Waals surface area contributed by atoms with Crippen LogP contribution in [0.15, 0.2) is 0 Å². The monoisotopic (exact) mass is 208 g/mol.